The number of benzene rings is 1. The van der Waals surface area contributed by atoms with Crippen molar-refractivity contribution in [3.05, 3.63) is 22.7 Å². The summed E-state index contributed by atoms with van der Waals surface area (Å²) in [6.45, 7) is 0.405. The lowest BCUT2D eigenvalue weighted by Crippen LogP contribution is -2.24. The SMILES string of the molecule is COc1ccc(NC(=O)C2CNC(=O)C2)cc1Br. The van der Waals surface area contributed by atoms with Crippen LogP contribution in [0.5, 0.6) is 5.75 Å². The molecule has 1 aliphatic rings. The number of anilines is 1. The number of halogens is 1. The molecule has 0 aliphatic carbocycles. The van der Waals surface area contributed by atoms with Crippen LogP contribution in [0.15, 0.2) is 22.7 Å². The Morgan fingerprint density at radius 3 is 2.89 bits per heavy atom. The summed E-state index contributed by atoms with van der Waals surface area (Å²) in [5.74, 6) is 0.181. The van der Waals surface area contributed by atoms with E-state index in [0.717, 1.165) is 4.47 Å². The van der Waals surface area contributed by atoms with Crippen LogP contribution in [0.3, 0.4) is 0 Å². The van der Waals surface area contributed by atoms with Crippen molar-refractivity contribution >= 4 is 33.4 Å². The number of carbonyl (C=O) groups excluding carboxylic acids is 2. The number of nitrogens with one attached hydrogen (secondary N) is 2. The first-order valence-electron chi connectivity index (χ1n) is 5.51. The molecule has 0 saturated carbocycles. The number of ether oxygens (including phenoxy) is 1. The second-order valence-corrected chi connectivity index (χ2v) is 4.90. The molecule has 1 atom stereocenters. The standard InChI is InChI=1S/C12H13BrN2O3/c1-18-10-3-2-8(5-9(10)13)15-12(17)7-4-11(16)14-6-7/h2-3,5,7H,4,6H2,1H3,(H,14,16)(H,15,17). The Bertz CT molecular complexity index is 490. The summed E-state index contributed by atoms with van der Waals surface area (Å²) < 4.78 is 5.87. The number of methoxy groups -OCH3 is 1. The van der Waals surface area contributed by atoms with Gasteiger partial charge in [-0.25, -0.2) is 0 Å². The normalized spacial score (nSPS) is 18.3. The average Bonchev–Trinajstić information content (AvgIpc) is 2.76. The molecule has 18 heavy (non-hydrogen) atoms. The molecule has 0 bridgehead atoms. The molecule has 2 N–H and O–H groups in total. The Balaban J connectivity index is 2.03. The van der Waals surface area contributed by atoms with Crippen LogP contribution in [0.2, 0.25) is 0 Å². The molecule has 1 fully saturated rings. The molecule has 1 aromatic carbocycles. The van der Waals surface area contributed by atoms with Crippen LogP contribution in [-0.4, -0.2) is 25.5 Å². The number of hydrogen-bond donors (Lipinski definition) is 2. The van der Waals surface area contributed by atoms with Gasteiger partial charge in [0.05, 0.1) is 17.5 Å². The van der Waals surface area contributed by atoms with Gasteiger partial charge < -0.3 is 15.4 Å². The molecule has 0 spiro atoms. The summed E-state index contributed by atoms with van der Waals surface area (Å²) in [5.41, 5.74) is 0.673. The molecule has 2 rings (SSSR count). The minimum Gasteiger partial charge on any atom is -0.496 e. The topological polar surface area (TPSA) is 67.4 Å². The lowest BCUT2D eigenvalue weighted by atomic mass is 10.1. The maximum Gasteiger partial charge on any atom is 0.229 e. The van der Waals surface area contributed by atoms with Gasteiger partial charge in [-0.15, -0.1) is 0 Å². The van der Waals surface area contributed by atoms with Crippen molar-refractivity contribution in [1.29, 1.82) is 0 Å². The third-order valence-corrected chi connectivity index (χ3v) is 3.39. The monoisotopic (exact) mass is 312 g/mol. The molecule has 5 nitrogen and oxygen atoms in total. The van der Waals surface area contributed by atoms with Crippen LogP contribution < -0.4 is 15.4 Å². The molecule has 2 amide bonds. The zero-order valence-electron chi connectivity index (χ0n) is 9.83. The molecule has 6 heteroatoms. The summed E-state index contributed by atoms with van der Waals surface area (Å²) in [4.78, 5) is 22.9. The Morgan fingerprint density at radius 1 is 1.56 bits per heavy atom. The fourth-order valence-electron chi connectivity index (χ4n) is 1.78. The third-order valence-electron chi connectivity index (χ3n) is 2.77. The van der Waals surface area contributed by atoms with Gasteiger partial charge in [0.1, 0.15) is 5.75 Å². The smallest absolute Gasteiger partial charge is 0.229 e. The Kier molecular flexibility index (Phi) is 3.86. The van der Waals surface area contributed by atoms with E-state index in [9.17, 15) is 9.59 Å². The van der Waals surface area contributed by atoms with Crippen LogP contribution >= 0.6 is 15.9 Å². The zero-order valence-corrected chi connectivity index (χ0v) is 11.4. The van der Waals surface area contributed by atoms with E-state index >= 15 is 0 Å². The predicted octanol–water partition coefficient (Wildman–Crippen LogP) is 1.53. The molecule has 0 aromatic heterocycles. The van der Waals surface area contributed by atoms with E-state index in [1.54, 1.807) is 25.3 Å². The Morgan fingerprint density at radius 2 is 2.33 bits per heavy atom. The second-order valence-electron chi connectivity index (χ2n) is 4.04. The second kappa shape index (κ2) is 5.39. The molecular weight excluding hydrogens is 300 g/mol. The maximum absolute atomic E-state index is 11.9. The van der Waals surface area contributed by atoms with E-state index in [2.05, 4.69) is 26.6 Å². The van der Waals surface area contributed by atoms with Gasteiger partial charge in [-0.3, -0.25) is 9.59 Å². The van der Waals surface area contributed by atoms with E-state index in [-0.39, 0.29) is 24.2 Å². The quantitative estimate of drug-likeness (QED) is 0.889. The molecule has 0 radical (unpaired) electrons. The molecule has 1 aliphatic heterocycles. The summed E-state index contributed by atoms with van der Waals surface area (Å²) in [6, 6.07) is 5.28. The molecule has 1 aromatic rings. The lowest BCUT2D eigenvalue weighted by molar-refractivity contribution is -0.123. The molecule has 1 saturated heterocycles. The van der Waals surface area contributed by atoms with Gasteiger partial charge in [-0.05, 0) is 34.1 Å². The first-order chi connectivity index (χ1) is 8.60. The summed E-state index contributed by atoms with van der Waals surface area (Å²) >= 11 is 3.35. The van der Waals surface area contributed by atoms with Crippen molar-refractivity contribution in [1.82, 2.24) is 5.32 Å². The summed E-state index contributed by atoms with van der Waals surface area (Å²) in [5, 5.41) is 5.42. The minimum absolute atomic E-state index is 0.0777. The lowest BCUT2D eigenvalue weighted by Gasteiger charge is -2.10. The van der Waals surface area contributed by atoms with Gasteiger partial charge >= 0.3 is 0 Å². The van der Waals surface area contributed by atoms with Crippen molar-refractivity contribution in [2.75, 3.05) is 19.0 Å². The largest absolute Gasteiger partial charge is 0.496 e. The van der Waals surface area contributed by atoms with Gasteiger partial charge in [0, 0.05) is 18.7 Å². The minimum atomic E-state index is -0.293. The van der Waals surface area contributed by atoms with Crippen molar-refractivity contribution in [2.24, 2.45) is 5.92 Å². The van der Waals surface area contributed by atoms with Crippen LogP contribution in [0.25, 0.3) is 0 Å². The first-order valence-corrected chi connectivity index (χ1v) is 6.30. The third kappa shape index (κ3) is 2.81. The van der Waals surface area contributed by atoms with Gasteiger partial charge in [0.25, 0.3) is 0 Å². The van der Waals surface area contributed by atoms with E-state index in [4.69, 9.17) is 4.74 Å². The molecule has 1 heterocycles. The van der Waals surface area contributed by atoms with Gasteiger partial charge in [0.2, 0.25) is 11.8 Å². The number of carbonyl (C=O) groups is 2. The van der Waals surface area contributed by atoms with Gasteiger partial charge in [-0.1, -0.05) is 0 Å². The first kappa shape index (κ1) is 12.9. The van der Waals surface area contributed by atoms with Crippen LogP contribution in [0.4, 0.5) is 5.69 Å². The summed E-state index contributed by atoms with van der Waals surface area (Å²) in [6.07, 6.45) is 0.253. The number of amides is 2. The fourth-order valence-corrected chi connectivity index (χ4v) is 2.32. The van der Waals surface area contributed by atoms with E-state index < -0.39 is 0 Å². The highest BCUT2D eigenvalue weighted by Gasteiger charge is 2.27. The highest BCUT2D eigenvalue weighted by Crippen LogP contribution is 2.28. The van der Waals surface area contributed by atoms with E-state index in [1.165, 1.54) is 0 Å². The molecular formula is C12H13BrN2O3. The van der Waals surface area contributed by atoms with Crippen molar-refractivity contribution in [3.8, 4) is 5.75 Å². The Hall–Kier alpha value is -1.56. The summed E-state index contributed by atoms with van der Waals surface area (Å²) in [7, 11) is 1.58. The molecule has 96 valence electrons. The van der Waals surface area contributed by atoms with Gasteiger partial charge in [0.15, 0.2) is 0 Å². The van der Waals surface area contributed by atoms with Crippen molar-refractivity contribution in [2.45, 2.75) is 6.42 Å². The van der Waals surface area contributed by atoms with E-state index in [1.807, 2.05) is 0 Å². The Labute approximate surface area is 113 Å². The van der Waals surface area contributed by atoms with Gasteiger partial charge in [-0.2, -0.15) is 0 Å². The van der Waals surface area contributed by atoms with Crippen molar-refractivity contribution < 1.29 is 14.3 Å². The number of hydrogen-bond acceptors (Lipinski definition) is 3. The highest BCUT2D eigenvalue weighted by atomic mass is 79.9. The number of rotatable bonds is 3. The maximum atomic E-state index is 11.9. The molecule has 1 unspecified atom stereocenters. The van der Waals surface area contributed by atoms with Crippen molar-refractivity contribution in [3.63, 3.8) is 0 Å². The zero-order chi connectivity index (χ0) is 13.1. The van der Waals surface area contributed by atoms with Crippen LogP contribution in [-0.2, 0) is 9.59 Å². The van der Waals surface area contributed by atoms with E-state index in [0.29, 0.717) is 18.0 Å². The highest BCUT2D eigenvalue weighted by molar-refractivity contribution is 9.10. The van der Waals surface area contributed by atoms with Crippen LogP contribution in [0, 0.1) is 5.92 Å². The van der Waals surface area contributed by atoms with Crippen LogP contribution in [0.1, 0.15) is 6.42 Å². The average molecular weight is 313 g/mol. The predicted molar refractivity (Wildman–Crippen MR) is 70.4 cm³/mol. The fraction of sp³-hybridized carbons (Fsp3) is 0.333.